The number of nitrogens with zero attached hydrogens (tertiary/aromatic N) is 1. The van der Waals surface area contributed by atoms with Gasteiger partial charge in [0.2, 0.25) is 0 Å². The summed E-state index contributed by atoms with van der Waals surface area (Å²) in [5, 5.41) is 0. The van der Waals surface area contributed by atoms with Gasteiger partial charge in [-0.15, -0.1) is 0 Å². The van der Waals surface area contributed by atoms with Crippen molar-refractivity contribution >= 4 is 18.1 Å². The fourth-order valence-electron chi connectivity index (χ4n) is 3.85. The molecule has 0 aliphatic carbocycles. The first kappa shape index (κ1) is 27.2. The largest absolute Gasteiger partial charge is 0.395 e. The van der Waals surface area contributed by atoms with Crippen LogP contribution in [0.25, 0.3) is 0 Å². The molecule has 2 unspecified atom stereocenters. The van der Waals surface area contributed by atoms with Gasteiger partial charge in [0.05, 0.1) is 22.2 Å². The Bertz CT molecular complexity index is 388. The Hall–Kier alpha value is 0.194. The van der Waals surface area contributed by atoms with Gasteiger partial charge in [0.25, 0.3) is 0 Å². The summed E-state index contributed by atoms with van der Waals surface area (Å²) in [5.41, 5.74) is 0. The van der Waals surface area contributed by atoms with Gasteiger partial charge >= 0.3 is 8.56 Å². The highest BCUT2D eigenvalue weighted by Crippen LogP contribution is 2.22. The van der Waals surface area contributed by atoms with Gasteiger partial charge in [0.15, 0.2) is 0 Å². The van der Waals surface area contributed by atoms with Crippen molar-refractivity contribution in [3.05, 3.63) is 0 Å². The lowest BCUT2D eigenvalue weighted by Crippen LogP contribution is -2.50. The second-order valence-electron chi connectivity index (χ2n) is 7.98. The molecular weight excluding hydrogens is 402 g/mol. The molecule has 29 heavy (non-hydrogen) atoms. The summed E-state index contributed by atoms with van der Waals surface area (Å²) >= 11 is 0. The quantitative estimate of drug-likeness (QED) is 0.205. The predicted molar refractivity (Wildman–Crippen MR) is 125 cm³/mol. The van der Waals surface area contributed by atoms with Crippen LogP contribution in [-0.4, -0.2) is 87.7 Å². The molecule has 1 rings (SSSR count). The van der Waals surface area contributed by atoms with E-state index in [0.29, 0.717) is 6.61 Å². The van der Waals surface area contributed by atoms with E-state index in [0.717, 1.165) is 71.4 Å². The second kappa shape index (κ2) is 16.8. The fraction of sp³-hybridized carbons (Fsp3) is 1.00. The molecule has 0 N–H and O–H groups in total. The number of hydrogen-bond acceptors (Lipinski definition) is 6. The van der Waals surface area contributed by atoms with E-state index < -0.39 is 8.56 Å². The summed E-state index contributed by atoms with van der Waals surface area (Å²) in [5.74, 6) is 0.0817. The van der Waals surface area contributed by atoms with Gasteiger partial charge in [0, 0.05) is 33.0 Å². The van der Waals surface area contributed by atoms with Gasteiger partial charge in [-0.05, 0) is 65.7 Å². The van der Waals surface area contributed by atoms with Gasteiger partial charge in [-0.3, -0.25) is 0 Å². The van der Waals surface area contributed by atoms with E-state index in [-0.39, 0.29) is 21.5 Å². The lowest BCUT2D eigenvalue weighted by Gasteiger charge is -2.37. The highest BCUT2D eigenvalue weighted by atomic mass is 28.4. The summed E-state index contributed by atoms with van der Waals surface area (Å²) < 4.78 is 30.0. The molecule has 0 bridgehead atoms. The van der Waals surface area contributed by atoms with Crippen molar-refractivity contribution in [3.63, 3.8) is 0 Å². The van der Waals surface area contributed by atoms with E-state index in [1.807, 2.05) is 13.8 Å². The maximum Gasteiger partial charge on any atom is 0.335 e. The normalized spacial score (nSPS) is 24.4. The molecule has 6 nitrogen and oxygen atoms in total. The second-order valence-corrected chi connectivity index (χ2v) is 13.2. The Kier molecular flexibility index (Phi) is 15.8. The van der Waals surface area contributed by atoms with Gasteiger partial charge in [0.1, 0.15) is 5.91 Å². The maximum absolute atomic E-state index is 6.56. The minimum absolute atomic E-state index is 0.0817. The van der Waals surface area contributed by atoms with Crippen molar-refractivity contribution in [2.24, 2.45) is 0 Å². The molecule has 0 aromatic rings. The zero-order valence-electron chi connectivity index (χ0n) is 19.7. The summed E-state index contributed by atoms with van der Waals surface area (Å²) in [4.78, 5) is 2.57. The first-order chi connectivity index (χ1) is 14.1. The van der Waals surface area contributed by atoms with Crippen molar-refractivity contribution in [2.45, 2.75) is 84.0 Å². The van der Waals surface area contributed by atoms with Crippen molar-refractivity contribution in [2.75, 3.05) is 52.7 Å². The number of rotatable bonds is 16. The third-order valence-corrected chi connectivity index (χ3v) is 10.1. The van der Waals surface area contributed by atoms with Gasteiger partial charge in [-0.2, -0.15) is 0 Å². The van der Waals surface area contributed by atoms with Gasteiger partial charge < -0.3 is 28.0 Å². The molecule has 1 heterocycles. The molecule has 0 radical (unpaired) electrons. The van der Waals surface area contributed by atoms with E-state index >= 15 is 0 Å². The Morgan fingerprint density at radius 3 is 2.52 bits per heavy atom. The number of hydrogen-bond donors (Lipinski definition) is 0. The number of unbranched alkanes of at least 4 members (excludes halogenated alkanes) is 1. The van der Waals surface area contributed by atoms with Crippen molar-refractivity contribution < 1.29 is 23.1 Å². The molecule has 8 heteroatoms. The van der Waals surface area contributed by atoms with Crippen LogP contribution in [0.1, 0.15) is 53.4 Å². The molecule has 0 spiro atoms. The van der Waals surface area contributed by atoms with Crippen LogP contribution in [0.15, 0.2) is 0 Å². The third-order valence-electron chi connectivity index (χ3n) is 5.25. The van der Waals surface area contributed by atoms with E-state index in [9.17, 15) is 0 Å². The number of ether oxygens (including phenoxy) is 3. The minimum atomic E-state index is -2.08. The lowest BCUT2D eigenvalue weighted by atomic mass is 10.3. The van der Waals surface area contributed by atoms with Crippen LogP contribution in [0.5, 0.6) is 0 Å². The average Bonchev–Trinajstić information content (AvgIpc) is 2.67. The maximum atomic E-state index is 6.56. The Morgan fingerprint density at radius 1 is 1.10 bits per heavy atom. The summed E-state index contributed by atoms with van der Waals surface area (Å²) in [6.07, 6.45) is 4.77. The molecule has 1 fully saturated rings. The molecule has 2 atom stereocenters. The van der Waals surface area contributed by atoms with E-state index in [1.54, 1.807) is 0 Å². The standard InChI is InChI=1S/C21H47NO5Si2/c1-6-10-15-23-19-20-18-22(14-12-17-29(5,27-20)26-9-4)13-11-16-28-21(24-7-2)25-8-3/h20-21H,6-19,28H2,1-5H3. The van der Waals surface area contributed by atoms with Crippen molar-refractivity contribution in [1.29, 1.82) is 0 Å². The zero-order valence-corrected chi connectivity index (χ0v) is 22.2. The smallest absolute Gasteiger partial charge is 0.335 e. The molecule has 0 saturated carbocycles. The van der Waals surface area contributed by atoms with Crippen LogP contribution in [0.4, 0.5) is 0 Å². The van der Waals surface area contributed by atoms with Gasteiger partial charge in [-0.25, -0.2) is 0 Å². The van der Waals surface area contributed by atoms with Crippen LogP contribution in [0.2, 0.25) is 18.6 Å². The summed E-state index contributed by atoms with van der Waals surface area (Å²) in [6.45, 7) is 17.5. The van der Waals surface area contributed by atoms with Crippen LogP contribution < -0.4 is 0 Å². The Morgan fingerprint density at radius 2 is 1.86 bits per heavy atom. The highest BCUT2D eigenvalue weighted by Gasteiger charge is 2.36. The molecule has 1 aliphatic heterocycles. The van der Waals surface area contributed by atoms with Crippen LogP contribution >= 0.6 is 0 Å². The molecule has 1 saturated heterocycles. The van der Waals surface area contributed by atoms with Crippen LogP contribution in [-0.2, 0) is 23.1 Å². The molecule has 0 amide bonds. The fourth-order valence-corrected chi connectivity index (χ4v) is 8.09. The van der Waals surface area contributed by atoms with E-state index in [4.69, 9.17) is 23.1 Å². The first-order valence-electron chi connectivity index (χ1n) is 11.9. The SMILES string of the molecule is CCCCOCC1CN(CCC[SiH2]C(OCC)OCC)CCC[Si](C)(OCC)O1. The third kappa shape index (κ3) is 12.6. The Labute approximate surface area is 183 Å². The predicted octanol–water partition coefficient (Wildman–Crippen LogP) is 3.34. The molecule has 0 aromatic carbocycles. The van der Waals surface area contributed by atoms with E-state index in [1.165, 1.54) is 12.5 Å². The van der Waals surface area contributed by atoms with E-state index in [2.05, 4.69) is 25.3 Å². The summed E-state index contributed by atoms with van der Waals surface area (Å²) in [6, 6.07) is 2.32. The first-order valence-corrected chi connectivity index (χ1v) is 16.3. The van der Waals surface area contributed by atoms with Crippen molar-refractivity contribution in [1.82, 2.24) is 4.90 Å². The Balaban J connectivity index is 2.48. The zero-order chi connectivity index (χ0) is 21.4. The molecular formula is C21H47NO5Si2. The van der Waals surface area contributed by atoms with Crippen LogP contribution in [0.3, 0.4) is 0 Å². The highest BCUT2D eigenvalue weighted by molar-refractivity contribution is 6.66. The molecule has 0 aromatic heterocycles. The summed E-state index contributed by atoms with van der Waals surface area (Å²) in [7, 11) is -2.44. The van der Waals surface area contributed by atoms with Gasteiger partial charge in [-0.1, -0.05) is 19.4 Å². The van der Waals surface area contributed by atoms with Crippen molar-refractivity contribution in [3.8, 4) is 0 Å². The molecule has 1 aliphatic rings. The average molecular weight is 450 g/mol. The minimum Gasteiger partial charge on any atom is -0.395 e. The topological polar surface area (TPSA) is 49.4 Å². The lowest BCUT2D eigenvalue weighted by molar-refractivity contribution is -0.0828. The monoisotopic (exact) mass is 449 g/mol. The molecule has 174 valence electrons. The van der Waals surface area contributed by atoms with Crippen LogP contribution in [0, 0.1) is 0 Å².